The zero-order chi connectivity index (χ0) is 19.3. The van der Waals surface area contributed by atoms with Crippen LogP contribution in [0.5, 0.6) is 11.5 Å². The van der Waals surface area contributed by atoms with Gasteiger partial charge in [0.2, 0.25) is 0 Å². The number of nitrogens with zero attached hydrogens (tertiary/aromatic N) is 1. The van der Waals surface area contributed by atoms with Crippen molar-refractivity contribution in [3.8, 4) is 11.5 Å². The number of ether oxygens (including phenoxy) is 1. The smallest absolute Gasteiger partial charge is 0.390 e. The van der Waals surface area contributed by atoms with E-state index in [9.17, 15) is 18.3 Å². The van der Waals surface area contributed by atoms with Gasteiger partial charge in [0.1, 0.15) is 18.1 Å². The van der Waals surface area contributed by atoms with Gasteiger partial charge in [-0.15, -0.1) is 12.4 Å². The van der Waals surface area contributed by atoms with Crippen LogP contribution in [0.4, 0.5) is 13.2 Å². The Bertz CT molecular complexity index is 738. The molecule has 1 atom stereocenters. The van der Waals surface area contributed by atoms with Gasteiger partial charge in [0.15, 0.2) is 0 Å². The van der Waals surface area contributed by atoms with Gasteiger partial charge in [-0.1, -0.05) is 36.4 Å². The molecule has 0 amide bonds. The van der Waals surface area contributed by atoms with Crippen molar-refractivity contribution >= 4 is 12.4 Å². The first-order chi connectivity index (χ1) is 12.9. The average Bonchev–Trinajstić information content (AvgIpc) is 2.66. The van der Waals surface area contributed by atoms with E-state index in [1.165, 1.54) is 12.1 Å². The third kappa shape index (κ3) is 6.29. The van der Waals surface area contributed by atoms with Crippen LogP contribution in [0.25, 0.3) is 0 Å². The van der Waals surface area contributed by atoms with Crippen molar-refractivity contribution in [2.45, 2.75) is 25.2 Å². The summed E-state index contributed by atoms with van der Waals surface area (Å²) in [6.45, 7) is 2.60. The molecule has 1 aliphatic heterocycles. The molecule has 4 nitrogen and oxygen atoms in total. The summed E-state index contributed by atoms with van der Waals surface area (Å²) in [6, 6.07) is 13.2. The predicted octanol–water partition coefficient (Wildman–Crippen LogP) is 4.29. The lowest BCUT2D eigenvalue weighted by Crippen LogP contribution is -2.46. The molecule has 0 aromatic heterocycles. The minimum absolute atomic E-state index is 0. The van der Waals surface area contributed by atoms with Gasteiger partial charge in [-0.05, 0) is 11.6 Å². The second-order valence-electron chi connectivity index (χ2n) is 6.62. The summed E-state index contributed by atoms with van der Waals surface area (Å²) in [5.41, 5.74) is 1.25. The molecule has 0 saturated carbocycles. The molecule has 3 rings (SSSR count). The van der Waals surface area contributed by atoms with E-state index in [1.807, 2.05) is 30.3 Å². The van der Waals surface area contributed by atoms with Crippen molar-refractivity contribution < 1.29 is 23.0 Å². The van der Waals surface area contributed by atoms with Crippen molar-refractivity contribution in [2.75, 3.05) is 26.2 Å². The minimum atomic E-state index is -4.32. The number of halogens is 4. The number of piperazine rings is 1. The largest absolute Gasteiger partial charge is 0.507 e. The van der Waals surface area contributed by atoms with Crippen molar-refractivity contribution in [3.05, 3.63) is 59.7 Å². The van der Waals surface area contributed by atoms with Crippen LogP contribution in [0.15, 0.2) is 48.5 Å². The molecule has 1 heterocycles. The van der Waals surface area contributed by atoms with Gasteiger partial charge in [-0.25, -0.2) is 0 Å². The molecule has 0 radical (unpaired) electrons. The maximum Gasteiger partial charge on any atom is 0.390 e. The van der Waals surface area contributed by atoms with Crippen LogP contribution < -0.4 is 10.1 Å². The van der Waals surface area contributed by atoms with Crippen molar-refractivity contribution in [3.63, 3.8) is 0 Å². The second kappa shape index (κ2) is 10.0. The van der Waals surface area contributed by atoms with E-state index in [0.29, 0.717) is 38.5 Å². The monoisotopic (exact) mass is 416 g/mol. The third-order valence-electron chi connectivity index (χ3n) is 4.63. The second-order valence-corrected chi connectivity index (χ2v) is 6.62. The normalized spacial score (nSPS) is 16.2. The zero-order valence-electron chi connectivity index (χ0n) is 15.3. The number of nitrogens with one attached hydrogen (secondary N) is 1. The number of phenolic OH excluding ortho intramolecular Hbond substituents is 1. The average molecular weight is 417 g/mol. The maximum atomic E-state index is 13.1. The number of benzene rings is 2. The minimum Gasteiger partial charge on any atom is -0.507 e. The van der Waals surface area contributed by atoms with Gasteiger partial charge in [0.05, 0.1) is 6.42 Å². The molecule has 8 heteroatoms. The van der Waals surface area contributed by atoms with Crippen molar-refractivity contribution in [1.82, 2.24) is 10.2 Å². The van der Waals surface area contributed by atoms with Crippen molar-refractivity contribution in [2.24, 2.45) is 0 Å². The topological polar surface area (TPSA) is 44.7 Å². The van der Waals surface area contributed by atoms with E-state index < -0.39 is 18.6 Å². The molecular formula is C20H24ClF3N2O2. The molecule has 0 spiro atoms. The number of alkyl halides is 3. The number of aromatic hydroxyl groups is 1. The molecule has 1 aliphatic rings. The zero-order valence-corrected chi connectivity index (χ0v) is 16.1. The van der Waals surface area contributed by atoms with Crippen LogP contribution in [0.3, 0.4) is 0 Å². The molecule has 1 saturated heterocycles. The molecule has 2 aromatic rings. The Morgan fingerprint density at radius 1 is 1.07 bits per heavy atom. The molecule has 0 bridgehead atoms. The number of rotatable bonds is 6. The highest BCUT2D eigenvalue weighted by Gasteiger charge is 2.37. The van der Waals surface area contributed by atoms with Crippen LogP contribution >= 0.6 is 12.4 Å². The van der Waals surface area contributed by atoms with Gasteiger partial charge in [-0.3, -0.25) is 4.90 Å². The Morgan fingerprint density at radius 2 is 1.75 bits per heavy atom. The lowest BCUT2D eigenvalue weighted by Gasteiger charge is -2.36. The Labute approximate surface area is 168 Å². The first-order valence-electron chi connectivity index (χ1n) is 8.93. The van der Waals surface area contributed by atoms with Crippen LogP contribution in [0.1, 0.15) is 23.6 Å². The quantitative estimate of drug-likeness (QED) is 0.737. The van der Waals surface area contributed by atoms with Crippen LogP contribution in [0.2, 0.25) is 0 Å². The van der Waals surface area contributed by atoms with Gasteiger partial charge in [0.25, 0.3) is 0 Å². The number of phenols is 1. The molecule has 28 heavy (non-hydrogen) atoms. The van der Waals surface area contributed by atoms with Gasteiger partial charge in [0, 0.05) is 43.9 Å². The lowest BCUT2D eigenvalue weighted by molar-refractivity contribution is -0.148. The van der Waals surface area contributed by atoms with E-state index in [0.717, 1.165) is 5.56 Å². The Hall–Kier alpha value is -1.96. The third-order valence-corrected chi connectivity index (χ3v) is 4.63. The number of hydrogen-bond donors (Lipinski definition) is 2. The molecule has 0 aliphatic carbocycles. The lowest BCUT2D eigenvalue weighted by atomic mass is 9.99. The van der Waals surface area contributed by atoms with Crippen LogP contribution in [-0.4, -0.2) is 42.4 Å². The summed E-state index contributed by atoms with van der Waals surface area (Å²) < 4.78 is 45.0. The summed E-state index contributed by atoms with van der Waals surface area (Å²) in [7, 11) is 0. The van der Waals surface area contributed by atoms with E-state index in [-0.39, 0.29) is 23.7 Å². The first-order valence-corrected chi connectivity index (χ1v) is 8.93. The molecule has 2 N–H and O–H groups in total. The van der Waals surface area contributed by atoms with Crippen molar-refractivity contribution in [1.29, 1.82) is 0 Å². The Morgan fingerprint density at radius 3 is 2.36 bits per heavy atom. The maximum absolute atomic E-state index is 13.1. The first kappa shape index (κ1) is 22.3. The molecule has 0 unspecified atom stereocenters. The van der Waals surface area contributed by atoms with E-state index in [2.05, 4.69) is 5.32 Å². The van der Waals surface area contributed by atoms with E-state index in [1.54, 1.807) is 11.0 Å². The number of hydrogen-bond acceptors (Lipinski definition) is 4. The standard InChI is InChI=1S/C20H23F3N2O2.ClH/c21-20(22,23)13-18(25-10-8-24-9-11-25)17-7-6-16(12-19(17)26)27-14-15-4-2-1-3-5-15;/h1-7,12,18,24,26H,8-11,13-14H2;1H/t18-;/m0./s1. The van der Waals surface area contributed by atoms with Gasteiger partial charge < -0.3 is 15.2 Å². The van der Waals surface area contributed by atoms with Crippen LogP contribution in [0, 0.1) is 0 Å². The van der Waals surface area contributed by atoms with Gasteiger partial charge >= 0.3 is 6.18 Å². The van der Waals surface area contributed by atoms with Gasteiger partial charge in [-0.2, -0.15) is 13.2 Å². The van der Waals surface area contributed by atoms with E-state index >= 15 is 0 Å². The predicted molar refractivity (Wildman–Crippen MR) is 104 cm³/mol. The highest BCUT2D eigenvalue weighted by Crippen LogP contribution is 2.39. The summed E-state index contributed by atoms with van der Waals surface area (Å²) >= 11 is 0. The fourth-order valence-corrected chi connectivity index (χ4v) is 3.28. The fourth-order valence-electron chi connectivity index (χ4n) is 3.28. The molecule has 2 aromatic carbocycles. The highest BCUT2D eigenvalue weighted by molar-refractivity contribution is 5.85. The SMILES string of the molecule is Cl.Oc1cc(OCc2ccccc2)ccc1[C@H](CC(F)(F)F)N1CCNCC1. The molecule has 1 fully saturated rings. The summed E-state index contributed by atoms with van der Waals surface area (Å²) in [5, 5.41) is 13.5. The Balaban J connectivity index is 0.00000280. The molecule has 154 valence electrons. The van der Waals surface area contributed by atoms with Crippen LogP contribution in [-0.2, 0) is 6.61 Å². The Kier molecular flexibility index (Phi) is 7.98. The highest BCUT2D eigenvalue weighted by atomic mass is 35.5. The fraction of sp³-hybridized carbons (Fsp3) is 0.400. The van der Waals surface area contributed by atoms with E-state index in [4.69, 9.17) is 4.74 Å². The summed E-state index contributed by atoms with van der Waals surface area (Å²) in [6.07, 6.45) is -5.31. The molecular weight excluding hydrogens is 393 g/mol. The summed E-state index contributed by atoms with van der Waals surface area (Å²) in [5.74, 6) is 0.250. The summed E-state index contributed by atoms with van der Waals surface area (Å²) in [4.78, 5) is 1.77.